The van der Waals surface area contributed by atoms with Crippen LogP contribution in [0, 0.1) is 68.5 Å². The Hall–Kier alpha value is -5.34. The molecule has 69 heavy (non-hydrogen) atoms. The molecule has 0 aromatic heterocycles. The third-order valence-corrected chi connectivity index (χ3v) is 22.2. The van der Waals surface area contributed by atoms with E-state index in [1.54, 1.807) is 6.92 Å². The van der Waals surface area contributed by atoms with Gasteiger partial charge < -0.3 is 31.9 Å². The minimum Gasteiger partial charge on any atom is -0.478 e. The van der Waals surface area contributed by atoms with Gasteiger partial charge >= 0.3 is 5.97 Å². The summed E-state index contributed by atoms with van der Waals surface area (Å²) in [6, 6.07) is 8.43. The lowest BCUT2D eigenvalue weighted by Gasteiger charge is -2.71. The highest BCUT2D eigenvalue weighted by atomic mass is 16.4. The zero-order valence-electron chi connectivity index (χ0n) is 39.8. The Labute approximate surface area is 402 Å². The van der Waals surface area contributed by atoms with Gasteiger partial charge in [-0.1, -0.05) is 85.7 Å². The Balaban J connectivity index is 1.17. The third-order valence-electron chi connectivity index (χ3n) is 22.2. The number of aliphatic hydroxyl groups is 3. The Bertz CT molecular complexity index is 3130. The molecule has 0 saturated heterocycles. The van der Waals surface area contributed by atoms with Crippen LogP contribution in [0.2, 0.25) is 0 Å². The predicted octanol–water partition coefficient (Wildman–Crippen LogP) is 7.22. The molecule has 4 fully saturated rings. The van der Waals surface area contributed by atoms with Crippen LogP contribution in [0.1, 0.15) is 115 Å². The Morgan fingerprint density at radius 3 is 2.54 bits per heavy atom. The van der Waals surface area contributed by atoms with Gasteiger partial charge in [-0.05, 0) is 128 Å². The molecule has 8 bridgehead atoms. The number of carboxylic acid groups (broad SMARTS) is 1. The van der Waals surface area contributed by atoms with Gasteiger partial charge in [0, 0.05) is 81.7 Å². The van der Waals surface area contributed by atoms with Gasteiger partial charge in [0.25, 0.3) is 0 Å². The highest BCUT2D eigenvalue weighted by Gasteiger charge is 2.91. The number of nitrogens with zero attached hydrogens (tertiary/aromatic N) is 1. The Morgan fingerprint density at radius 2 is 1.74 bits per heavy atom. The Morgan fingerprint density at radius 1 is 0.928 bits per heavy atom. The van der Waals surface area contributed by atoms with E-state index in [4.69, 9.17) is 16.5 Å². The number of guanidine groups is 1. The van der Waals surface area contributed by atoms with Crippen LogP contribution in [-0.4, -0.2) is 66.3 Å². The summed E-state index contributed by atoms with van der Waals surface area (Å²) in [7, 11) is 0. The summed E-state index contributed by atoms with van der Waals surface area (Å²) in [5.74, 6) is 2.92. The van der Waals surface area contributed by atoms with Gasteiger partial charge in [0.15, 0.2) is 11.7 Å². The van der Waals surface area contributed by atoms with Gasteiger partial charge in [-0.3, -0.25) is 9.59 Å². The van der Waals surface area contributed by atoms with Gasteiger partial charge in [0.05, 0.1) is 5.54 Å². The molecule has 10 nitrogen and oxygen atoms in total. The van der Waals surface area contributed by atoms with Crippen LogP contribution in [0.5, 0.6) is 0 Å². The second-order valence-corrected chi connectivity index (χ2v) is 24.2. The molecule has 4 saturated carbocycles. The molecule has 0 aliphatic heterocycles. The summed E-state index contributed by atoms with van der Waals surface area (Å²) >= 11 is 0. The lowest BCUT2D eigenvalue weighted by atomic mass is 9.32. The van der Waals surface area contributed by atoms with Crippen LogP contribution in [0.15, 0.2) is 116 Å². The molecule has 354 valence electrons. The average Bonchev–Trinajstić information content (AvgIpc) is 3.69. The fraction of sp³-hybridized carbons (Fsp3) is 0.525. The van der Waals surface area contributed by atoms with Gasteiger partial charge in [-0.15, -0.1) is 11.8 Å². The third kappa shape index (κ3) is 4.26. The van der Waals surface area contributed by atoms with E-state index in [2.05, 4.69) is 86.4 Å². The van der Waals surface area contributed by atoms with Crippen molar-refractivity contribution >= 4 is 29.6 Å². The Kier molecular flexibility index (Phi) is 7.86. The highest BCUT2D eigenvalue weighted by Crippen LogP contribution is 2.91. The number of fused-ring (bicyclic) bond motifs is 2. The molecule has 1 aromatic carbocycles. The number of aliphatic imine (C=N–C) groups is 1. The maximum absolute atomic E-state index is 16.6. The summed E-state index contributed by atoms with van der Waals surface area (Å²) in [6.45, 7) is 5.86. The molecule has 10 heteroatoms. The van der Waals surface area contributed by atoms with E-state index >= 15 is 15.0 Å². The number of benzene rings is 1. The summed E-state index contributed by atoms with van der Waals surface area (Å²) in [5, 5.41) is 55.6. The molecule has 0 amide bonds. The van der Waals surface area contributed by atoms with Crippen molar-refractivity contribution in [3.05, 3.63) is 122 Å². The number of rotatable bonds is 3. The van der Waals surface area contributed by atoms with Crippen molar-refractivity contribution in [2.24, 2.45) is 73.1 Å². The molecule has 13 aliphatic carbocycles. The number of aryl methyl sites for hydroxylation is 1. The number of allylic oxidation sites excluding steroid dienone is 6. The molecule has 3 spiro atoms. The van der Waals surface area contributed by atoms with Crippen LogP contribution in [0.25, 0.3) is 6.08 Å². The normalized spacial score (nSPS) is 47.9. The number of hydrogen-bond donors (Lipinski definition) is 6. The molecule has 13 aliphatic rings. The van der Waals surface area contributed by atoms with Crippen LogP contribution in [0.3, 0.4) is 0 Å². The largest absolute Gasteiger partial charge is 0.478 e. The van der Waals surface area contributed by atoms with Crippen molar-refractivity contribution < 1.29 is 34.8 Å². The first-order valence-corrected chi connectivity index (χ1v) is 25.6. The summed E-state index contributed by atoms with van der Waals surface area (Å²) < 4.78 is 0. The number of carbonyl (C=O) groups is 3. The molecule has 8 N–H and O–H groups in total. The summed E-state index contributed by atoms with van der Waals surface area (Å²) in [5.41, 5.74) is 9.62. The van der Waals surface area contributed by atoms with E-state index in [0.29, 0.717) is 86.5 Å². The fourth-order valence-electron chi connectivity index (χ4n) is 20.4. The lowest BCUT2D eigenvalue weighted by molar-refractivity contribution is -0.177. The second-order valence-electron chi connectivity index (χ2n) is 24.2. The lowest BCUT2D eigenvalue weighted by Crippen LogP contribution is -2.73. The van der Waals surface area contributed by atoms with E-state index in [-0.39, 0.29) is 42.4 Å². The second kappa shape index (κ2) is 12.8. The molecule has 14 atom stereocenters. The van der Waals surface area contributed by atoms with Crippen molar-refractivity contribution in [2.45, 2.75) is 133 Å². The van der Waals surface area contributed by atoms with E-state index in [1.165, 1.54) is 5.56 Å². The van der Waals surface area contributed by atoms with Crippen molar-refractivity contribution in [1.82, 2.24) is 0 Å². The van der Waals surface area contributed by atoms with E-state index in [1.807, 2.05) is 6.08 Å². The van der Waals surface area contributed by atoms with Gasteiger partial charge in [0.1, 0.15) is 22.6 Å². The molecule has 0 heterocycles. The molecular weight excluding hydrogens is 863 g/mol. The minimum atomic E-state index is -1.84. The van der Waals surface area contributed by atoms with Crippen LogP contribution >= 0.6 is 0 Å². The van der Waals surface area contributed by atoms with Crippen molar-refractivity contribution in [1.29, 1.82) is 0 Å². The maximum atomic E-state index is 16.6. The number of aliphatic carboxylic acids is 1. The zero-order valence-corrected chi connectivity index (χ0v) is 39.8. The molecule has 0 radical (unpaired) electrons. The number of nitrogens with two attached hydrogens (primary N) is 2. The van der Waals surface area contributed by atoms with E-state index in [0.717, 1.165) is 34.3 Å². The van der Waals surface area contributed by atoms with Crippen LogP contribution < -0.4 is 11.5 Å². The standard InChI is InChI=1S/C59H61N3O7/c1-31(49(65)66)37-18-24-53(62-50(60)61)25-26-55-39-13-7-10-21-54(55)30-40(63)44-48-56(67)29-36-28-34-16-17-38(58(37,68)45(39)53)42(34)46(55)59(36,69)57(48,54)22-9-4-8-20-51(2)41(64)19-23-52(44,3)47(51)43(56)35-15-14-32-11-5-6-12-33(32)27-35/h5-7,10-12,17,25-27,29,39,43,45-47,67-69H,9,13-16,18-24,28,30H2,1-3H3,(H,65,66)(H4,60,61,62)/b37-31+/t39-,43+,45-,46+,47-,51-,52-,53+,54-,55+,56-,57+,58+,59+/m1/s1. The summed E-state index contributed by atoms with van der Waals surface area (Å²) in [6.07, 6.45) is 20.7. The van der Waals surface area contributed by atoms with Crippen molar-refractivity contribution in [2.75, 3.05) is 0 Å². The highest BCUT2D eigenvalue weighted by molar-refractivity contribution is 6.03. The number of Topliss-reactive ketones (excluding diaryl/α,β-unsaturated/α-hetero) is 2. The van der Waals surface area contributed by atoms with Gasteiger partial charge in [0.2, 0.25) is 0 Å². The number of ketones is 2. The minimum absolute atomic E-state index is 0.0383. The predicted molar refractivity (Wildman–Crippen MR) is 259 cm³/mol. The smallest absolute Gasteiger partial charge is 0.331 e. The molecule has 0 unspecified atom stereocenters. The number of carbonyl (C=O) groups excluding carboxylic acids is 2. The van der Waals surface area contributed by atoms with Gasteiger partial charge in [-0.2, -0.15) is 0 Å². The van der Waals surface area contributed by atoms with Crippen LogP contribution in [-0.2, 0) is 20.8 Å². The van der Waals surface area contributed by atoms with Crippen molar-refractivity contribution in [3.8, 4) is 11.8 Å². The monoisotopic (exact) mass is 923 g/mol. The zero-order chi connectivity index (χ0) is 47.8. The summed E-state index contributed by atoms with van der Waals surface area (Å²) in [4.78, 5) is 49.8. The first-order chi connectivity index (χ1) is 32.9. The first-order valence-electron chi connectivity index (χ1n) is 25.6. The van der Waals surface area contributed by atoms with Crippen molar-refractivity contribution in [3.63, 3.8) is 0 Å². The van der Waals surface area contributed by atoms with E-state index in [9.17, 15) is 19.8 Å². The van der Waals surface area contributed by atoms with E-state index < -0.39 is 85.0 Å². The number of hydrogen-bond acceptors (Lipinski definition) is 7. The fourth-order valence-corrected chi connectivity index (χ4v) is 20.4. The maximum Gasteiger partial charge on any atom is 0.331 e. The number of carboxylic acids is 1. The quantitative estimate of drug-likeness (QED) is 0.0597. The van der Waals surface area contributed by atoms with Crippen LogP contribution in [0.4, 0.5) is 0 Å². The topological polar surface area (TPSA) is 197 Å². The molecular formula is C59H61N3O7. The van der Waals surface area contributed by atoms with Gasteiger partial charge in [-0.25, -0.2) is 9.79 Å². The SMILES string of the molecule is C/C(C(=O)O)=C1/CC[C@]2(N=C(N)N)C=C[C@@]34[C@@H]5CC=CC[C@@]36CC(=O)C3=C7[C@@]68CCC#CC[C@]6(C)C(=O)CC[C@@]3(C)[C@@H]6[C@H](C3=Cc6ccccc6CC3)[C@]7(O)C=C3CC6=C(C(=CC6)[C@]1(O)[C@H]52)[C@@H]4[C@@]38O. The molecule has 14 rings (SSSR count). The first kappa shape index (κ1) is 42.5. The molecule has 1 aromatic rings. The average molecular weight is 924 g/mol.